The lowest BCUT2D eigenvalue weighted by atomic mass is 9.87. The van der Waals surface area contributed by atoms with E-state index in [1.165, 1.54) is 0 Å². The first kappa shape index (κ1) is 14.1. The number of carbonyl (C=O) groups is 1. The maximum absolute atomic E-state index is 12.2. The molecule has 1 aromatic carbocycles. The maximum atomic E-state index is 12.2. The third kappa shape index (κ3) is 2.66. The molecule has 21 heavy (non-hydrogen) atoms. The second-order valence-corrected chi connectivity index (χ2v) is 5.34. The number of carbonyl (C=O) groups excluding carboxylic acids is 1. The molecule has 0 N–H and O–H groups in total. The fraction of sp³-hybridized carbons (Fsp3) is 0.438. The molecule has 1 amide bonds. The number of rotatable bonds is 5. The number of likely N-dealkylation sites (tertiary alicyclic amines) is 1. The highest BCUT2D eigenvalue weighted by Gasteiger charge is 2.56. The van der Waals surface area contributed by atoms with Crippen LogP contribution in [0.15, 0.2) is 42.7 Å². The summed E-state index contributed by atoms with van der Waals surface area (Å²) in [5.74, 6) is 0.598. The Morgan fingerprint density at radius 2 is 2.14 bits per heavy atom. The van der Waals surface area contributed by atoms with Gasteiger partial charge in [-0.1, -0.05) is 36.9 Å². The summed E-state index contributed by atoms with van der Waals surface area (Å²) in [6, 6.07) is 9.84. The van der Waals surface area contributed by atoms with E-state index in [9.17, 15) is 4.79 Å². The fourth-order valence-corrected chi connectivity index (χ4v) is 2.90. The van der Waals surface area contributed by atoms with Gasteiger partial charge >= 0.3 is 0 Å². The van der Waals surface area contributed by atoms with Gasteiger partial charge in [0, 0.05) is 20.1 Å². The quantitative estimate of drug-likeness (QED) is 0.611. The Bertz CT molecular complexity index is 530. The molecular weight excluding hydrogens is 270 g/mol. The van der Waals surface area contributed by atoms with Gasteiger partial charge < -0.3 is 19.1 Å². The third-order valence-electron chi connectivity index (χ3n) is 3.90. The Hall–Kier alpha value is -1.85. The Labute approximate surface area is 124 Å². The zero-order chi connectivity index (χ0) is 14.8. The lowest BCUT2D eigenvalue weighted by molar-refractivity contribution is -0.205. The van der Waals surface area contributed by atoms with Gasteiger partial charge in [-0.3, -0.25) is 4.79 Å². The van der Waals surface area contributed by atoms with Crippen LogP contribution in [-0.4, -0.2) is 43.0 Å². The van der Waals surface area contributed by atoms with E-state index in [0.717, 1.165) is 5.56 Å². The molecule has 0 aromatic heterocycles. The SMILES string of the molecule is C=C1C[C@@H](OCOC)[C@@H]2[C@H](O1)C(=O)N2Cc1ccccc1. The molecule has 0 radical (unpaired) electrons. The highest BCUT2D eigenvalue weighted by Crippen LogP contribution is 2.37. The zero-order valence-corrected chi connectivity index (χ0v) is 12.0. The first-order valence-electron chi connectivity index (χ1n) is 7.00. The van der Waals surface area contributed by atoms with Gasteiger partial charge in [0.25, 0.3) is 5.91 Å². The first-order chi connectivity index (χ1) is 10.2. The average molecular weight is 289 g/mol. The van der Waals surface area contributed by atoms with Crippen molar-refractivity contribution in [2.75, 3.05) is 13.9 Å². The number of benzene rings is 1. The highest BCUT2D eigenvalue weighted by molar-refractivity contribution is 5.89. The van der Waals surface area contributed by atoms with Crippen LogP contribution >= 0.6 is 0 Å². The van der Waals surface area contributed by atoms with E-state index in [4.69, 9.17) is 14.2 Å². The van der Waals surface area contributed by atoms with Gasteiger partial charge in [0.1, 0.15) is 12.8 Å². The Morgan fingerprint density at radius 1 is 1.38 bits per heavy atom. The fourth-order valence-electron chi connectivity index (χ4n) is 2.90. The molecule has 2 fully saturated rings. The third-order valence-corrected chi connectivity index (χ3v) is 3.90. The van der Waals surface area contributed by atoms with Crippen molar-refractivity contribution < 1.29 is 19.0 Å². The second kappa shape index (κ2) is 5.87. The summed E-state index contributed by atoms with van der Waals surface area (Å²) in [7, 11) is 1.58. The molecule has 2 aliphatic rings. The molecule has 2 saturated heterocycles. The highest BCUT2D eigenvalue weighted by atomic mass is 16.7. The summed E-state index contributed by atoms with van der Waals surface area (Å²) < 4.78 is 16.2. The van der Waals surface area contributed by atoms with Crippen molar-refractivity contribution in [1.82, 2.24) is 4.90 Å². The van der Waals surface area contributed by atoms with E-state index < -0.39 is 6.10 Å². The monoisotopic (exact) mass is 289 g/mol. The smallest absolute Gasteiger partial charge is 0.266 e. The van der Waals surface area contributed by atoms with Crippen LogP contribution < -0.4 is 0 Å². The Balaban J connectivity index is 1.73. The van der Waals surface area contributed by atoms with Gasteiger partial charge in [0.05, 0.1) is 11.9 Å². The minimum atomic E-state index is -0.461. The number of hydrogen-bond acceptors (Lipinski definition) is 4. The van der Waals surface area contributed by atoms with E-state index in [1.54, 1.807) is 7.11 Å². The summed E-state index contributed by atoms with van der Waals surface area (Å²) >= 11 is 0. The number of amides is 1. The van der Waals surface area contributed by atoms with Crippen molar-refractivity contribution in [3.05, 3.63) is 48.2 Å². The number of fused-ring (bicyclic) bond motifs is 1. The van der Waals surface area contributed by atoms with Gasteiger partial charge in [-0.15, -0.1) is 0 Å². The normalized spacial score (nSPS) is 27.9. The number of hydrogen-bond donors (Lipinski definition) is 0. The molecule has 112 valence electrons. The van der Waals surface area contributed by atoms with Crippen molar-refractivity contribution >= 4 is 5.91 Å². The van der Waals surface area contributed by atoms with E-state index in [-0.39, 0.29) is 24.8 Å². The van der Waals surface area contributed by atoms with E-state index >= 15 is 0 Å². The minimum Gasteiger partial charge on any atom is -0.483 e. The molecule has 1 aromatic rings. The van der Waals surface area contributed by atoms with Crippen molar-refractivity contribution in [2.45, 2.75) is 31.2 Å². The predicted molar refractivity (Wildman–Crippen MR) is 76.2 cm³/mol. The molecule has 2 heterocycles. The van der Waals surface area contributed by atoms with E-state index in [0.29, 0.717) is 18.7 Å². The lowest BCUT2D eigenvalue weighted by Crippen LogP contribution is -2.71. The molecule has 2 aliphatic heterocycles. The molecule has 5 heteroatoms. The standard InChI is InChI=1S/C16H19NO4/c1-11-8-13(20-10-19-2)14-15(21-11)16(18)17(14)9-12-6-4-3-5-7-12/h3-7,13-15H,1,8-10H2,2H3/t13-,14-,15+/m1/s1. The van der Waals surface area contributed by atoms with Crippen molar-refractivity contribution in [3.8, 4) is 0 Å². The topological polar surface area (TPSA) is 48.0 Å². The molecule has 3 atom stereocenters. The van der Waals surface area contributed by atoms with Gasteiger partial charge in [-0.05, 0) is 5.56 Å². The molecule has 5 nitrogen and oxygen atoms in total. The summed E-state index contributed by atoms with van der Waals surface area (Å²) in [5, 5.41) is 0. The number of β-lactam (4-membered cyclic amide) rings is 1. The van der Waals surface area contributed by atoms with Crippen molar-refractivity contribution in [3.63, 3.8) is 0 Å². The van der Waals surface area contributed by atoms with Crippen LogP contribution in [0.3, 0.4) is 0 Å². The largest absolute Gasteiger partial charge is 0.483 e. The van der Waals surface area contributed by atoms with Crippen LogP contribution in [0.25, 0.3) is 0 Å². The average Bonchev–Trinajstić information content (AvgIpc) is 2.51. The summed E-state index contributed by atoms with van der Waals surface area (Å²) in [6.07, 6.45) is -0.00209. The van der Waals surface area contributed by atoms with Crippen LogP contribution in [0.2, 0.25) is 0 Å². The van der Waals surface area contributed by atoms with Crippen LogP contribution in [0.4, 0.5) is 0 Å². The Morgan fingerprint density at radius 3 is 2.86 bits per heavy atom. The molecule has 0 aliphatic carbocycles. The second-order valence-electron chi connectivity index (χ2n) is 5.34. The Kier molecular flexibility index (Phi) is 3.94. The zero-order valence-electron chi connectivity index (χ0n) is 12.0. The molecule has 0 spiro atoms. The van der Waals surface area contributed by atoms with Crippen LogP contribution in [0, 0.1) is 0 Å². The lowest BCUT2D eigenvalue weighted by Gasteiger charge is -2.52. The van der Waals surface area contributed by atoms with Gasteiger partial charge in [-0.25, -0.2) is 0 Å². The van der Waals surface area contributed by atoms with Crippen molar-refractivity contribution in [2.24, 2.45) is 0 Å². The summed E-state index contributed by atoms with van der Waals surface area (Å²) in [5.41, 5.74) is 1.10. The van der Waals surface area contributed by atoms with Gasteiger partial charge in [0.2, 0.25) is 0 Å². The van der Waals surface area contributed by atoms with Crippen molar-refractivity contribution in [1.29, 1.82) is 0 Å². The summed E-state index contributed by atoms with van der Waals surface area (Å²) in [4.78, 5) is 14.1. The molecule has 3 rings (SSSR count). The van der Waals surface area contributed by atoms with Gasteiger partial charge in [-0.2, -0.15) is 0 Å². The predicted octanol–water partition coefficient (Wildman–Crippen LogP) is 1.69. The molecule has 0 bridgehead atoms. The molecular formula is C16H19NO4. The summed E-state index contributed by atoms with van der Waals surface area (Å²) in [6.45, 7) is 4.60. The maximum Gasteiger partial charge on any atom is 0.266 e. The van der Waals surface area contributed by atoms with Crippen LogP contribution in [0.5, 0.6) is 0 Å². The van der Waals surface area contributed by atoms with E-state index in [1.807, 2.05) is 35.2 Å². The minimum absolute atomic E-state index is 0.00396. The number of ether oxygens (including phenoxy) is 3. The van der Waals surface area contributed by atoms with E-state index in [2.05, 4.69) is 6.58 Å². The van der Waals surface area contributed by atoms with Crippen LogP contribution in [-0.2, 0) is 25.5 Å². The van der Waals surface area contributed by atoms with Gasteiger partial charge in [0.15, 0.2) is 6.10 Å². The number of nitrogens with zero attached hydrogens (tertiary/aromatic N) is 1. The van der Waals surface area contributed by atoms with Crippen LogP contribution in [0.1, 0.15) is 12.0 Å². The molecule has 0 unspecified atom stereocenters. The molecule has 0 saturated carbocycles. The number of methoxy groups -OCH3 is 1. The first-order valence-corrected chi connectivity index (χ1v) is 7.00.